The molecule has 4 rings (SSSR count). The largest absolute Gasteiger partial charge is 0.497 e. The number of rotatable bonds is 6. The second-order valence-electron chi connectivity index (χ2n) is 7.27. The predicted molar refractivity (Wildman–Crippen MR) is 107 cm³/mol. The number of carboxylic acid groups (broad SMARTS) is 1. The van der Waals surface area contributed by atoms with E-state index in [1.54, 1.807) is 13.2 Å². The minimum Gasteiger partial charge on any atom is -0.497 e. The average Bonchev–Trinajstić information content (AvgIpc) is 3.50. The van der Waals surface area contributed by atoms with E-state index in [4.69, 9.17) is 9.15 Å². The van der Waals surface area contributed by atoms with E-state index in [-0.39, 0.29) is 16.9 Å². The number of methoxy groups -OCH3 is 1. The van der Waals surface area contributed by atoms with Crippen LogP contribution in [0.5, 0.6) is 5.75 Å². The third-order valence-electron chi connectivity index (χ3n) is 5.41. The smallest absolute Gasteiger partial charge is 0.335 e. The van der Waals surface area contributed by atoms with Crippen LogP contribution in [0, 0.1) is 0 Å². The summed E-state index contributed by atoms with van der Waals surface area (Å²) in [4.78, 5) is 24.4. The van der Waals surface area contributed by atoms with Crippen LogP contribution in [0.2, 0.25) is 0 Å². The maximum absolute atomic E-state index is 13.1. The van der Waals surface area contributed by atoms with E-state index in [1.165, 1.54) is 17.7 Å². The molecule has 2 atom stereocenters. The molecule has 2 aromatic carbocycles. The molecule has 0 radical (unpaired) electrons. The lowest BCUT2D eigenvalue weighted by atomic mass is 10.00. The van der Waals surface area contributed by atoms with Gasteiger partial charge in [-0.2, -0.15) is 0 Å². The van der Waals surface area contributed by atoms with Gasteiger partial charge >= 0.3 is 5.97 Å². The summed E-state index contributed by atoms with van der Waals surface area (Å²) in [5.41, 5.74) is 2.28. The molecule has 0 saturated heterocycles. The lowest BCUT2D eigenvalue weighted by Gasteiger charge is -2.10. The Hall–Kier alpha value is -3.08. The SMILES string of the molecule is CCCc1c(C2CC2c2cccc(OC)c2)oc2ccc(C(=O)O)cc2c1=O. The highest BCUT2D eigenvalue weighted by atomic mass is 16.5. The summed E-state index contributed by atoms with van der Waals surface area (Å²) in [5, 5.41) is 9.56. The molecule has 1 fully saturated rings. The van der Waals surface area contributed by atoms with Gasteiger partial charge in [-0.15, -0.1) is 0 Å². The Morgan fingerprint density at radius 1 is 1.21 bits per heavy atom. The van der Waals surface area contributed by atoms with Crippen LogP contribution in [-0.4, -0.2) is 18.2 Å². The summed E-state index contributed by atoms with van der Waals surface area (Å²) < 4.78 is 11.5. The predicted octanol–water partition coefficient (Wildman–Crippen LogP) is 4.72. The lowest BCUT2D eigenvalue weighted by molar-refractivity contribution is 0.0697. The van der Waals surface area contributed by atoms with E-state index >= 15 is 0 Å². The Morgan fingerprint density at radius 3 is 2.75 bits per heavy atom. The van der Waals surface area contributed by atoms with Crippen molar-refractivity contribution < 1.29 is 19.1 Å². The van der Waals surface area contributed by atoms with Crippen LogP contribution in [0.3, 0.4) is 0 Å². The molecule has 1 heterocycles. The topological polar surface area (TPSA) is 76.7 Å². The van der Waals surface area contributed by atoms with Gasteiger partial charge in [0.2, 0.25) is 0 Å². The number of benzene rings is 2. The number of fused-ring (bicyclic) bond motifs is 1. The fourth-order valence-electron chi connectivity index (χ4n) is 3.90. The van der Waals surface area contributed by atoms with Crippen molar-refractivity contribution in [1.29, 1.82) is 0 Å². The van der Waals surface area contributed by atoms with Crippen molar-refractivity contribution in [3.05, 3.63) is 75.1 Å². The molecule has 1 N–H and O–H groups in total. The third-order valence-corrected chi connectivity index (χ3v) is 5.41. The molecular weight excluding hydrogens is 356 g/mol. The Bertz CT molecular complexity index is 1110. The summed E-state index contributed by atoms with van der Waals surface area (Å²) in [6.45, 7) is 2.02. The number of carbonyl (C=O) groups is 1. The van der Waals surface area contributed by atoms with Gasteiger partial charge in [0.05, 0.1) is 18.1 Å². The molecule has 3 aromatic rings. The summed E-state index contributed by atoms with van der Waals surface area (Å²) in [6, 6.07) is 12.5. The van der Waals surface area contributed by atoms with Gasteiger partial charge in [-0.3, -0.25) is 4.79 Å². The molecule has 5 nitrogen and oxygen atoms in total. The van der Waals surface area contributed by atoms with Gasteiger partial charge < -0.3 is 14.3 Å². The highest BCUT2D eigenvalue weighted by molar-refractivity contribution is 5.92. The molecule has 0 aliphatic heterocycles. The van der Waals surface area contributed by atoms with Crippen molar-refractivity contribution in [2.75, 3.05) is 7.11 Å². The fourth-order valence-corrected chi connectivity index (χ4v) is 3.90. The molecule has 28 heavy (non-hydrogen) atoms. The van der Waals surface area contributed by atoms with E-state index in [0.29, 0.717) is 28.9 Å². The number of carboxylic acids is 1. The Kier molecular flexibility index (Phi) is 4.67. The first-order valence-corrected chi connectivity index (χ1v) is 9.50. The van der Waals surface area contributed by atoms with Crippen molar-refractivity contribution in [1.82, 2.24) is 0 Å². The number of hydrogen-bond acceptors (Lipinski definition) is 4. The second-order valence-corrected chi connectivity index (χ2v) is 7.27. The van der Waals surface area contributed by atoms with Crippen LogP contribution in [0.25, 0.3) is 11.0 Å². The zero-order valence-electron chi connectivity index (χ0n) is 15.9. The van der Waals surface area contributed by atoms with Crippen LogP contribution in [0.1, 0.15) is 58.8 Å². The summed E-state index contributed by atoms with van der Waals surface area (Å²) in [6.07, 6.45) is 2.36. The normalized spacial score (nSPS) is 18.2. The summed E-state index contributed by atoms with van der Waals surface area (Å²) >= 11 is 0. The van der Waals surface area contributed by atoms with E-state index in [2.05, 4.69) is 6.07 Å². The molecule has 144 valence electrons. The van der Waals surface area contributed by atoms with E-state index in [9.17, 15) is 14.7 Å². The number of ether oxygens (including phenoxy) is 1. The Balaban J connectivity index is 1.78. The maximum atomic E-state index is 13.1. The first-order chi connectivity index (χ1) is 13.5. The fraction of sp³-hybridized carbons (Fsp3) is 0.304. The van der Waals surface area contributed by atoms with Crippen LogP contribution in [0.15, 0.2) is 51.7 Å². The molecule has 1 aliphatic rings. The van der Waals surface area contributed by atoms with Crippen LogP contribution < -0.4 is 10.2 Å². The van der Waals surface area contributed by atoms with Gasteiger partial charge in [0.1, 0.15) is 17.1 Å². The first kappa shape index (κ1) is 18.3. The van der Waals surface area contributed by atoms with Crippen LogP contribution in [0.4, 0.5) is 0 Å². The molecule has 0 bridgehead atoms. The summed E-state index contributed by atoms with van der Waals surface area (Å²) in [5.74, 6) is 0.963. The minimum absolute atomic E-state index is 0.0932. The molecule has 1 aromatic heterocycles. The van der Waals surface area contributed by atoms with Gasteiger partial charge in [0.25, 0.3) is 0 Å². The van der Waals surface area contributed by atoms with Crippen molar-refractivity contribution in [2.24, 2.45) is 0 Å². The second kappa shape index (κ2) is 7.15. The van der Waals surface area contributed by atoms with E-state index in [1.807, 2.05) is 25.1 Å². The molecule has 5 heteroatoms. The third kappa shape index (κ3) is 3.17. The van der Waals surface area contributed by atoms with Gasteiger partial charge in [-0.1, -0.05) is 25.5 Å². The van der Waals surface area contributed by atoms with E-state index in [0.717, 1.165) is 24.4 Å². The number of aromatic carboxylic acids is 1. The van der Waals surface area contributed by atoms with E-state index < -0.39 is 5.97 Å². The zero-order chi connectivity index (χ0) is 19.8. The molecule has 1 saturated carbocycles. The van der Waals surface area contributed by atoms with Crippen molar-refractivity contribution in [3.63, 3.8) is 0 Å². The molecule has 2 unspecified atom stereocenters. The van der Waals surface area contributed by atoms with Crippen LogP contribution >= 0.6 is 0 Å². The zero-order valence-corrected chi connectivity index (χ0v) is 15.9. The maximum Gasteiger partial charge on any atom is 0.335 e. The Labute approximate surface area is 162 Å². The summed E-state index contributed by atoms with van der Waals surface area (Å²) in [7, 11) is 1.65. The number of hydrogen-bond donors (Lipinski definition) is 1. The molecule has 0 amide bonds. The van der Waals surface area contributed by atoms with Crippen molar-refractivity contribution >= 4 is 16.9 Å². The Morgan fingerprint density at radius 2 is 2.04 bits per heavy atom. The molecule has 1 aliphatic carbocycles. The van der Waals surface area contributed by atoms with Crippen molar-refractivity contribution in [2.45, 2.75) is 38.0 Å². The van der Waals surface area contributed by atoms with Gasteiger partial charge in [-0.05, 0) is 54.7 Å². The van der Waals surface area contributed by atoms with Crippen LogP contribution in [-0.2, 0) is 6.42 Å². The van der Waals surface area contributed by atoms with Gasteiger partial charge in [0.15, 0.2) is 5.43 Å². The van der Waals surface area contributed by atoms with Gasteiger partial charge in [0, 0.05) is 11.5 Å². The van der Waals surface area contributed by atoms with Crippen molar-refractivity contribution in [3.8, 4) is 5.75 Å². The average molecular weight is 378 g/mol. The molecule has 0 spiro atoms. The standard InChI is InChI=1S/C23H22O5/c1-3-5-16-21(24)19-11-14(23(25)26)8-9-20(19)28-22(16)18-12-17(18)13-6-4-7-15(10-13)27-2/h4,6-11,17-18H,3,5,12H2,1-2H3,(H,25,26). The lowest BCUT2D eigenvalue weighted by Crippen LogP contribution is -2.13. The highest BCUT2D eigenvalue weighted by Gasteiger charge is 2.43. The highest BCUT2D eigenvalue weighted by Crippen LogP contribution is 2.55. The first-order valence-electron chi connectivity index (χ1n) is 9.50. The van der Waals surface area contributed by atoms with Gasteiger partial charge in [-0.25, -0.2) is 4.79 Å². The quantitative estimate of drug-likeness (QED) is 0.671. The minimum atomic E-state index is -1.05. The monoisotopic (exact) mass is 378 g/mol. The molecular formula is C23H22O5.